The van der Waals surface area contributed by atoms with Gasteiger partial charge in [-0.25, -0.2) is 8.42 Å². The largest absolute Gasteiger partial charge is 0.497 e. The number of sulfone groups is 1. The summed E-state index contributed by atoms with van der Waals surface area (Å²) in [7, 11) is -2.11. The van der Waals surface area contributed by atoms with E-state index in [9.17, 15) is 18.0 Å². The predicted octanol–water partition coefficient (Wildman–Crippen LogP) is 2.80. The third-order valence-electron chi connectivity index (χ3n) is 4.75. The number of hydrogen-bond donors (Lipinski definition) is 0. The summed E-state index contributed by atoms with van der Waals surface area (Å²) in [6.45, 7) is 0. The van der Waals surface area contributed by atoms with Gasteiger partial charge in [0.25, 0.3) is 0 Å². The SMILES string of the molecule is COc1ccc(C2CC(=O)C(CS(=O)(=O)c3ccccc3)C(=O)C2)cc1. The smallest absolute Gasteiger partial charge is 0.179 e. The Balaban J connectivity index is 1.74. The van der Waals surface area contributed by atoms with Crippen LogP contribution >= 0.6 is 0 Å². The fourth-order valence-electron chi connectivity index (χ4n) is 3.26. The molecule has 2 aromatic rings. The van der Waals surface area contributed by atoms with Crippen LogP contribution in [-0.2, 0) is 19.4 Å². The van der Waals surface area contributed by atoms with Crippen molar-refractivity contribution < 1.29 is 22.7 Å². The monoisotopic (exact) mass is 372 g/mol. The molecule has 1 aliphatic rings. The molecule has 0 atom stereocenters. The highest BCUT2D eigenvalue weighted by molar-refractivity contribution is 7.91. The van der Waals surface area contributed by atoms with Gasteiger partial charge in [0.1, 0.15) is 17.3 Å². The van der Waals surface area contributed by atoms with Gasteiger partial charge in [-0.2, -0.15) is 0 Å². The van der Waals surface area contributed by atoms with E-state index in [1.54, 1.807) is 37.4 Å². The van der Waals surface area contributed by atoms with Crippen molar-refractivity contribution in [1.82, 2.24) is 0 Å². The first kappa shape index (κ1) is 18.3. The van der Waals surface area contributed by atoms with Crippen molar-refractivity contribution in [2.75, 3.05) is 12.9 Å². The molecular formula is C20H20O5S. The Morgan fingerprint density at radius 2 is 1.50 bits per heavy atom. The quantitative estimate of drug-likeness (QED) is 0.754. The summed E-state index contributed by atoms with van der Waals surface area (Å²) in [6.07, 6.45) is 0.347. The second-order valence-corrected chi connectivity index (χ2v) is 8.49. The van der Waals surface area contributed by atoms with Crippen LogP contribution < -0.4 is 4.74 Å². The molecular weight excluding hydrogens is 352 g/mol. The Morgan fingerprint density at radius 1 is 0.923 bits per heavy atom. The zero-order valence-electron chi connectivity index (χ0n) is 14.4. The Morgan fingerprint density at radius 3 is 2.04 bits per heavy atom. The van der Waals surface area contributed by atoms with Crippen molar-refractivity contribution in [3.8, 4) is 5.75 Å². The van der Waals surface area contributed by atoms with Gasteiger partial charge in [-0.1, -0.05) is 30.3 Å². The van der Waals surface area contributed by atoms with Gasteiger partial charge in [-0.05, 0) is 35.7 Å². The van der Waals surface area contributed by atoms with E-state index >= 15 is 0 Å². The first-order valence-corrected chi connectivity index (χ1v) is 10.0. The Kier molecular flexibility index (Phi) is 5.23. The van der Waals surface area contributed by atoms with E-state index in [1.807, 2.05) is 12.1 Å². The second-order valence-electron chi connectivity index (χ2n) is 6.46. The van der Waals surface area contributed by atoms with E-state index in [4.69, 9.17) is 4.74 Å². The van der Waals surface area contributed by atoms with Gasteiger partial charge in [0, 0.05) is 12.8 Å². The lowest BCUT2D eigenvalue weighted by atomic mass is 9.77. The Hall–Kier alpha value is -2.47. The molecule has 0 heterocycles. The van der Waals surface area contributed by atoms with E-state index in [0.29, 0.717) is 5.75 Å². The van der Waals surface area contributed by atoms with Gasteiger partial charge >= 0.3 is 0 Å². The minimum atomic E-state index is -3.68. The highest BCUT2D eigenvalue weighted by atomic mass is 32.2. The molecule has 0 amide bonds. The number of Topliss-reactive ketones (excluding diaryl/α,β-unsaturated/α-hetero) is 2. The molecule has 5 nitrogen and oxygen atoms in total. The predicted molar refractivity (Wildman–Crippen MR) is 97.0 cm³/mol. The average molecular weight is 372 g/mol. The van der Waals surface area contributed by atoms with E-state index in [0.717, 1.165) is 5.56 Å². The average Bonchev–Trinajstić information content (AvgIpc) is 2.65. The number of ketones is 2. The van der Waals surface area contributed by atoms with Crippen LogP contribution in [0, 0.1) is 5.92 Å². The number of carbonyl (C=O) groups excluding carboxylic acids is 2. The summed E-state index contributed by atoms with van der Waals surface area (Å²) in [5.41, 5.74) is 0.886. The molecule has 3 rings (SSSR count). The fraction of sp³-hybridized carbons (Fsp3) is 0.300. The van der Waals surface area contributed by atoms with E-state index in [1.165, 1.54) is 12.1 Å². The number of benzene rings is 2. The van der Waals surface area contributed by atoms with Gasteiger partial charge in [0.15, 0.2) is 9.84 Å². The minimum absolute atomic E-state index is 0.137. The molecule has 136 valence electrons. The third-order valence-corrected chi connectivity index (χ3v) is 6.51. The van der Waals surface area contributed by atoms with Crippen molar-refractivity contribution in [2.45, 2.75) is 23.7 Å². The highest BCUT2D eigenvalue weighted by Gasteiger charge is 2.39. The molecule has 0 saturated heterocycles. The van der Waals surface area contributed by atoms with Crippen LogP contribution in [0.4, 0.5) is 0 Å². The molecule has 0 unspecified atom stereocenters. The summed E-state index contributed by atoms with van der Waals surface area (Å²) < 4.78 is 30.1. The first-order valence-electron chi connectivity index (χ1n) is 8.38. The molecule has 0 aliphatic heterocycles. The molecule has 1 aliphatic carbocycles. The molecule has 0 bridgehead atoms. The van der Waals surface area contributed by atoms with Crippen LogP contribution in [-0.4, -0.2) is 32.8 Å². The van der Waals surface area contributed by atoms with E-state index in [-0.39, 0.29) is 35.2 Å². The summed E-state index contributed by atoms with van der Waals surface area (Å²) in [5, 5.41) is 0. The normalized spacial score (nSPS) is 20.8. The highest BCUT2D eigenvalue weighted by Crippen LogP contribution is 2.33. The summed E-state index contributed by atoms with van der Waals surface area (Å²) in [5.74, 6) is -1.65. The van der Waals surface area contributed by atoms with Gasteiger partial charge in [0.2, 0.25) is 0 Å². The van der Waals surface area contributed by atoms with Crippen molar-refractivity contribution in [1.29, 1.82) is 0 Å². The maximum atomic E-state index is 12.5. The minimum Gasteiger partial charge on any atom is -0.497 e. The van der Waals surface area contributed by atoms with Crippen LogP contribution in [0.5, 0.6) is 5.75 Å². The lowest BCUT2D eigenvalue weighted by molar-refractivity contribution is -0.135. The topological polar surface area (TPSA) is 77.5 Å². The second kappa shape index (κ2) is 7.41. The standard InChI is InChI=1S/C20H20O5S/c1-25-16-9-7-14(8-10-16)15-11-19(21)18(20(22)12-15)13-26(23,24)17-5-3-2-4-6-17/h2-10,15,18H,11-13H2,1H3. The molecule has 0 aromatic heterocycles. The number of methoxy groups -OCH3 is 1. The van der Waals surface area contributed by atoms with Crippen molar-refractivity contribution in [2.24, 2.45) is 5.92 Å². The molecule has 2 aromatic carbocycles. The Labute approximate surface area is 152 Å². The third kappa shape index (κ3) is 3.85. The van der Waals surface area contributed by atoms with Gasteiger partial charge in [-0.3, -0.25) is 9.59 Å². The van der Waals surface area contributed by atoms with Gasteiger partial charge in [0.05, 0.1) is 23.7 Å². The molecule has 0 spiro atoms. The number of carbonyl (C=O) groups is 2. The lowest BCUT2D eigenvalue weighted by Crippen LogP contribution is -2.37. The van der Waals surface area contributed by atoms with Crippen LogP contribution in [0.3, 0.4) is 0 Å². The molecule has 0 N–H and O–H groups in total. The van der Waals surface area contributed by atoms with Crippen LogP contribution in [0.25, 0.3) is 0 Å². The van der Waals surface area contributed by atoms with Crippen molar-refractivity contribution >= 4 is 21.4 Å². The molecule has 6 heteroatoms. The molecule has 0 radical (unpaired) electrons. The zero-order valence-corrected chi connectivity index (χ0v) is 15.2. The van der Waals surface area contributed by atoms with Gasteiger partial charge < -0.3 is 4.74 Å². The molecule has 1 fully saturated rings. The maximum absolute atomic E-state index is 12.5. The summed E-state index contributed by atoms with van der Waals surface area (Å²) in [4.78, 5) is 25.2. The zero-order chi connectivity index (χ0) is 18.7. The van der Waals surface area contributed by atoms with Crippen molar-refractivity contribution in [3.05, 3.63) is 60.2 Å². The van der Waals surface area contributed by atoms with E-state index < -0.39 is 21.5 Å². The van der Waals surface area contributed by atoms with Crippen LogP contribution in [0.15, 0.2) is 59.5 Å². The number of hydrogen-bond acceptors (Lipinski definition) is 5. The molecule has 26 heavy (non-hydrogen) atoms. The van der Waals surface area contributed by atoms with Crippen LogP contribution in [0.1, 0.15) is 24.3 Å². The lowest BCUT2D eigenvalue weighted by Gasteiger charge is -2.26. The fourth-order valence-corrected chi connectivity index (χ4v) is 4.84. The summed E-state index contributed by atoms with van der Waals surface area (Å²) >= 11 is 0. The Bertz CT molecular complexity index is 883. The first-order chi connectivity index (χ1) is 12.4. The van der Waals surface area contributed by atoms with Crippen LogP contribution in [0.2, 0.25) is 0 Å². The van der Waals surface area contributed by atoms with E-state index in [2.05, 4.69) is 0 Å². The summed E-state index contributed by atoms with van der Waals surface area (Å²) in [6, 6.07) is 15.2. The van der Waals surface area contributed by atoms with Crippen molar-refractivity contribution in [3.63, 3.8) is 0 Å². The molecule has 1 saturated carbocycles. The number of ether oxygens (including phenoxy) is 1. The maximum Gasteiger partial charge on any atom is 0.179 e. The van der Waals surface area contributed by atoms with Gasteiger partial charge in [-0.15, -0.1) is 0 Å². The number of rotatable bonds is 5.